The number of nitrogens with zero attached hydrogens (tertiary/aromatic N) is 2. The van der Waals surface area contributed by atoms with Gasteiger partial charge in [-0.05, 0) is 36.1 Å². The van der Waals surface area contributed by atoms with Crippen LogP contribution in [0.15, 0.2) is 45.6 Å². The summed E-state index contributed by atoms with van der Waals surface area (Å²) in [5, 5.41) is 11.2. The van der Waals surface area contributed by atoms with E-state index >= 15 is 0 Å². The van der Waals surface area contributed by atoms with E-state index in [0.717, 1.165) is 11.3 Å². The Morgan fingerprint density at radius 3 is 3.05 bits per heavy atom. The zero-order chi connectivity index (χ0) is 13.1. The molecule has 0 fully saturated rings. The summed E-state index contributed by atoms with van der Waals surface area (Å²) in [5.74, 6) is 1.23. The molecule has 0 aliphatic heterocycles. The van der Waals surface area contributed by atoms with Gasteiger partial charge in [0.25, 0.3) is 0 Å². The summed E-state index contributed by atoms with van der Waals surface area (Å²) < 4.78 is 5.22. The summed E-state index contributed by atoms with van der Waals surface area (Å²) in [4.78, 5) is 4.36. The van der Waals surface area contributed by atoms with Gasteiger partial charge in [0, 0.05) is 16.6 Å². The molecule has 2 aromatic heterocycles. The minimum Gasteiger partial charge on any atom is -0.376 e. The highest BCUT2D eigenvalue weighted by atomic mass is 32.1. The largest absolute Gasteiger partial charge is 0.376 e. The normalized spacial score (nSPS) is 10.6. The van der Waals surface area contributed by atoms with E-state index in [2.05, 4.69) is 34.5 Å². The van der Waals surface area contributed by atoms with E-state index in [1.165, 1.54) is 5.56 Å². The number of nitrogens with one attached hydrogen (secondary N) is 1. The van der Waals surface area contributed by atoms with Gasteiger partial charge in [-0.25, -0.2) is 0 Å². The third-order valence-electron chi connectivity index (χ3n) is 2.71. The maximum Gasteiger partial charge on any atom is 0.246 e. The first-order valence-electron chi connectivity index (χ1n) is 5.97. The van der Waals surface area contributed by atoms with Crippen LogP contribution in [-0.2, 0) is 6.54 Å². The first kappa shape index (κ1) is 11.9. The second-order valence-corrected chi connectivity index (χ2v) is 5.03. The average molecular weight is 271 g/mol. The fraction of sp³-hybridized carbons (Fsp3) is 0.143. The Labute approximate surface area is 115 Å². The molecule has 3 aromatic rings. The van der Waals surface area contributed by atoms with E-state index in [1.807, 2.05) is 29.0 Å². The average Bonchev–Trinajstić information content (AvgIpc) is 3.07. The van der Waals surface area contributed by atoms with Crippen molar-refractivity contribution in [2.45, 2.75) is 13.5 Å². The van der Waals surface area contributed by atoms with Crippen LogP contribution >= 0.6 is 11.3 Å². The van der Waals surface area contributed by atoms with E-state index < -0.39 is 0 Å². The monoisotopic (exact) mass is 271 g/mol. The highest BCUT2D eigenvalue weighted by Gasteiger charge is 2.08. The summed E-state index contributed by atoms with van der Waals surface area (Å²) in [7, 11) is 0. The van der Waals surface area contributed by atoms with E-state index in [0.29, 0.717) is 18.3 Å². The van der Waals surface area contributed by atoms with E-state index in [1.54, 1.807) is 11.3 Å². The van der Waals surface area contributed by atoms with Gasteiger partial charge < -0.3 is 9.84 Å². The van der Waals surface area contributed by atoms with Gasteiger partial charge in [0.05, 0.1) is 6.54 Å². The zero-order valence-corrected chi connectivity index (χ0v) is 11.3. The van der Waals surface area contributed by atoms with Crippen LogP contribution in [0.5, 0.6) is 0 Å². The van der Waals surface area contributed by atoms with Crippen LogP contribution in [0.25, 0.3) is 11.4 Å². The molecule has 0 bridgehead atoms. The summed E-state index contributed by atoms with van der Waals surface area (Å²) in [6.45, 7) is 2.59. The van der Waals surface area contributed by atoms with Gasteiger partial charge in [0.15, 0.2) is 0 Å². The van der Waals surface area contributed by atoms with Crippen LogP contribution in [0.4, 0.5) is 5.69 Å². The van der Waals surface area contributed by atoms with Crippen molar-refractivity contribution in [1.29, 1.82) is 0 Å². The van der Waals surface area contributed by atoms with Gasteiger partial charge in [-0.1, -0.05) is 17.3 Å². The van der Waals surface area contributed by atoms with E-state index in [-0.39, 0.29) is 0 Å². The van der Waals surface area contributed by atoms with Gasteiger partial charge in [-0.2, -0.15) is 16.3 Å². The predicted octanol–water partition coefficient (Wildman–Crippen LogP) is 3.72. The number of anilines is 1. The number of hydrogen-bond acceptors (Lipinski definition) is 5. The molecule has 0 unspecified atom stereocenters. The number of rotatable bonds is 4. The van der Waals surface area contributed by atoms with Crippen LogP contribution in [0, 0.1) is 6.92 Å². The molecular weight excluding hydrogens is 258 g/mol. The van der Waals surface area contributed by atoms with Gasteiger partial charge in [-0.3, -0.25) is 0 Å². The van der Waals surface area contributed by atoms with Crippen molar-refractivity contribution >= 4 is 17.0 Å². The lowest BCUT2D eigenvalue weighted by atomic mass is 10.2. The van der Waals surface area contributed by atoms with Gasteiger partial charge in [-0.15, -0.1) is 0 Å². The number of benzene rings is 1. The SMILES string of the molecule is Cc1cccc(NCc2nc(-c3ccsc3)no2)c1. The van der Waals surface area contributed by atoms with E-state index in [9.17, 15) is 0 Å². The highest BCUT2D eigenvalue weighted by Crippen LogP contribution is 2.19. The molecule has 1 aromatic carbocycles. The summed E-state index contributed by atoms with van der Waals surface area (Å²) in [6.07, 6.45) is 0. The van der Waals surface area contributed by atoms with Crippen molar-refractivity contribution in [3.8, 4) is 11.4 Å². The molecule has 0 amide bonds. The van der Waals surface area contributed by atoms with Gasteiger partial charge in [0.1, 0.15) is 0 Å². The third-order valence-corrected chi connectivity index (χ3v) is 3.39. The Kier molecular flexibility index (Phi) is 3.29. The van der Waals surface area contributed by atoms with Gasteiger partial charge >= 0.3 is 0 Å². The quantitative estimate of drug-likeness (QED) is 0.785. The molecule has 0 spiro atoms. The van der Waals surface area contributed by atoms with Crippen molar-refractivity contribution in [3.05, 3.63) is 52.5 Å². The highest BCUT2D eigenvalue weighted by molar-refractivity contribution is 7.08. The molecule has 0 aliphatic carbocycles. The number of aryl methyl sites for hydroxylation is 1. The molecule has 2 heterocycles. The number of thiophene rings is 1. The molecule has 0 saturated carbocycles. The molecule has 19 heavy (non-hydrogen) atoms. The smallest absolute Gasteiger partial charge is 0.246 e. The standard InChI is InChI=1S/C14H13N3OS/c1-10-3-2-4-12(7-10)15-8-13-16-14(17-18-13)11-5-6-19-9-11/h2-7,9,15H,8H2,1H3. The lowest BCUT2D eigenvalue weighted by Gasteiger charge is -2.03. The van der Waals surface area contributed by atoms with Crippen LogP contribution in [-0.4, -0.2) is 10.1 Å². The molecule has 4 nitrogen and oxygen atoms in total. The van der Waals surface area contributed by atoms with Crippen molar-refractivity contribution in [3.63, 3.8) is 0 Å². The molecule has 3 rings (SSSR count). The molecule has 0 aliphatic rings. The molecule has 0 atom stereocenters. The van der Waals surface area contributed by atoms with Crippen molar-refractivity contribution in [2.75, 3.05) is 5.32 Å². The van der Waals surface area contributed by atoms with E-state index in [4.69, 9.17) is 4.52 Å². The second-order valence-electron chi connectivity index (χ2n) is 4.25. The first-order valence-corrected chi connectivity index (χ1v) is 6.91. The molecule has 5 heteroatoms. The minimum absolute atomic E-state index is 0.528. The van der Waals surface area contributed by atoms with Crippen LogP contribution in [0.1, 0.15) is 11.5 Å². The lowest BCUT2D eigenvalue weighted by Crippen LogP contribution is -1.99. The van der Waals surface area contributed by atoms with Gasteiger partial charge in [0.2, 0.25) is 11.7 Å². The third kappa shape index (κ3) is 2.82. The summed E-state index contributed by atoms with van der Waals surface area (Å²) >= 11 is 1.62. The molecule has 1 N–H and O–H groups in total. The maximum atomic E-state index is 5.22. The predicted molar refractivity (Wildman–Crippen MR) is 76.1 cm³/mol. The topological polar surface area (TPSA) is 51.0 Å². The summed E-state index contributed by atoms with van der Waals surface area (Å²) in [5.41, 5.74) is 3.26. The fourth-order valence-electron chi connectivity index (χ4n) is 1.77. The van der Waals surface area contributed by atoms with Crippen molar-refractivity contribution in [2.24, 2.45) is 0 Å². The van der Waals surface area contributed by atoms with Crippen molar-refractivity contribution < 1.29 is 4.52 Å². The van der Waals surface area contributed by atoms with Crippen LogP contribution in [0.2, 0.25) is 0 Å². The summed E-state index contributed by atoms with van der Waals surface area (Å²) in [6, 6.07) is 10.2. The van der Waals surface area contributed by atoms with Crippen LogP contribution < -0.4 is 5.32 Å². The fourth-order valence-corrected chi connectivity index (χ4v) is 2.40. The Morgan fingerprint density at radius 2 is 2.26 bits per heavy atom. The molecular formula is C14H13N3OS. The Balaban J connectivity index is 1.68. The minimum atomic E-state index is 0.528. The molecule has 0 saturated heterocycles. The maximum absolute atomic E-state index is 5.22. The zero-order valence-electron chi connectivity index (χ0n) is 10.5. The van der Waals surface area contributed by atoms with Crippen LogP contribution in [0.3, 0.4) is 0 Å². The lowest BCUT2D eigenvalue weighted by molar-refractivity contribution is 0.384. The second kappa shape index (κ2) is 5.24. The molecule has 0 radical (unpaired) electrons. The Bertz CT molecular complexity index is 661. The Morgan fingerprint density at radius 1 is 1.32 bits per heavy atom. The first-order chi connectivity index (χ1) is 9.31. The molecule has 96 valence electrons. The van der Waals surface area contributed by atoms with Crippen molar-refractivity contribution in [1.82, 2.24) is 10.1 Å². The number of hydrogen-bond donors (Lipinski definition) is 1. The number of aromatic nitrogens is 2. The Hall–Kier alpha value is -2.14.